The van der Waals surface area contributed by atoms with Crippen LogP contribution < -0.4 is 4.90 Å². The van der Waals surface area contributed by atoms with Gasteiger partial charge in [-0.15, -0.1) is 12.4 Å². The molecule has 1 aromatic heterocycles. The van der Waals surface area contributed by atoms with Crippen molar-refractivity contribution in [1.82, 2.24) is 9.88 Å². The zero-order chi connectivity index (χ0) is 14.9. The first-order valence-corrected chi connectivity index (χ1v) is 8.13. The number of fused-ring (bicyclic) bond motifs is 2. The first-order valence-electron chi connectivity index (χ1n) is 8.13. The van der Waals surface area contributed by atoms with Gasteiger partial charge in [-0.2, -0.15) is 5.26 Å². The minimum Gasteiger partial charge on any atom is -0.354 e. The van der Waals surface area contributed by atoms with Crippen molar-refractivity contribution in [3.05, 3.63) is 35.9 Å². The monoisotopic (exact) mass is 328 g/mol. The summed E-state index contributed by atoms with van der Waals surface area (Å²) in [5.74, 6) is 1.07. The predicted octanol–water partition coefficient (Wildman–Crippen LogP) is 3.20. The smallest absolute Gasteiger partial charge is 0.129 e. The zero-order valence-corrected chi connectivity index (χ0v) is 13.9. The van der Waals surface area contributed by atoms with E-state index in [2.05, 4.69) is 28.0 Å². The van der Waals surface area contributed by atoms with Crippen molar-refractivity contribution in [3.63, 3.8) is 0 Å². The van der Waals surface area contributed by atoms with Gasteiger partial charge in [0.15, 0.2) is 0 Å². The molecule has 2 aromatic rings. The molecular formula is C18H21ClN4. The van der Waals surface area contributed by atoms with E-state index < -0.39 is 0 Å². The third-order valence-corrected chi connectivity index (χ3v) is 4.96. The third-order valence-electron chi connectivity index (χ3n) is 4.96. The molecule has 0 N–H and O–H groups in total. The van der Waals surface area contributed by atoms with Crippen LogP contribution in [0.4, 0.5) is 5.82 Å². The van der Waals surface area contributed by atoms with Gasteiger partial charge in [0.1, 0.15) is 5.82 Å². The van der Waals surface area contributed by atoms with E-state index in [0.29, 0.717) is 11.6 Å². The lowest BCUT2D eigenvalue weighted by atomic mass is 9.99. The number of piperidine rings is 1. The van der Waals surface area contributed by atoms with Gasteiger partial charge in [-0.1, -0.05) is 6.42 Å². The Morgan fingerprint density at radius 1 is 1.09 bits per heavy atom. The zero-order valence-electron chi connectivity index (χ0n) is 13.1. The molecule has 0 spiro atoms. The van der Waals surface area contributed by atoms with Gasteiger partial charge in [-0.3, -0.25) is 4.90 Å². The van der Waals surface area contributed by atoms with Gasteiger partial charge in [0.25, 0.3) is 0 Å². The number of pyridine rings is 1. The first kappa shape index (κ1) is 16.0. The van der Waals surface area contributed by atoms with Gasteiger partial charge >= 0.3 is 0 Å². The minimum atomic E-state index is 0. The van der Waals surface area contributed by atoms with Gasteiger partial charge in [-0.05, 0) is 49.7 Å². The summed E-state index contributed by atoms with van der Waals surface area (Å²) in [7, 11) is 0. The molecule has 0 aliphatic carbocycles. The molecule has 0 amide bonds. The minimum absolute atomic E-state index is 0. The Bertz CT molecular complexity index is 739. The fraction of sp³-hybridized carbons (Fsp3) is 0.444. The standard InChI is InChI=1S/C18H20N4.ClH/c19-12-14-4-6-17-15(11-14)5-7-18(20-17)22-10-9-21-8-2-1-3-16(21)13-22;/h4-7,11,16H,1-3,8-10,13H2;1H/t16-;/m1./s1. The Hall–Kier alpha value is -1.83. The van der Waals surface area contributed by atoms with Crippen LogP contribution in [-0.4, -0.2) is 42.1 Å². The lowest BCUT2D eigenvalue weighted by molar-refractivity contribution is 0.133. The van der Waals surface area contributed by atoms with Crippen LogP contribution in [-0.2, 0) is 0 Å². The number of piperazine rings is 1. The summed E-state index contributed by atoms with van der Waals surface area (Å²) in [4.78, 5) is 9.87. The van der Waals surface area contributed by atoms with Crippen molar-refractivity contribution in [3.8, 4) is 6.07 Å². The van der Waals surface area contributed by atoms with E-state index in [-0.39, 0.29) is 12.4 Å². The highest BCUT2D eigenvalue weighted by atomic mass is 35.5. The SMILES string of the molecule is Cl.N#Cc1ccc2nc(N3CCN4CCCC[C@@H]4C3)ccc2c1. The van der Waals surface area contributed by atoms with Crippen molar-refractivity contribution < 1.29 is 0 Å². The Balaban J connectivity index is 0.00000156. The van der Waals surface area contributed by atoms with Crippen LogP contribution in [0.5, 0.6) is 0 Å². The number of nitrogens with zero attached hydrogens (tertiary/aromatic N) is 4. The third kappa shape index (κ3) is 3.12. The van der Waals surface area contributed by atoms with Gasteiger partial charge in [-0.25, -0.2) is 4.98 Å². The van der Waals surface area contributed by atoms with Crippen molar-refractivity contribution in [2.24, 2.45) is 0 Å². The van der Waals surface area contributed by atoms with Crippen molar-refractivity contribution in [1.29, 1.82) is 5.26 Å². The Labute approximate surface area is 143 Å². The first-order chi connectivity index (χ1) is 10.8. The van der Waals surface area contributed by atoms with Crippen LogP contribution in [0, 0.1) is 11.3 Å². The Kier molecular flexibility index (Phi) is 4.70. The van der Waals surface area contributed by atoms with Crippen molar-refractivity contribution in [2.45, 2.75) is 25.3 Å². The predicted molar refractivity (Wildman–Crippen MR) is 95.1 cm³/mol. The average molecular weight is 329 g/mol. The molecule has 2 aliphatic heterocycles. The number of hydrogen-bond acceptors (Lipinski definition) is 4. The van der Waals surface area contributed by atoms with Crippen LogP contribution in [0.3, 0.4) is 0 Å². The maximum absolute atomic E-state index is 8.98. The van der Waals surface area contributed by atoms with E-state index in [0.717, 1.165) is 36.4 Å². The van der Waals surface area contributed by atoms with Gasteiger partial charge < -0.3 is 4.90 Å². The quantitative estimate of drug-likeness (QED) is 0.806. The number of aromatic nitrogens is 1. The summed E-state index contributed by atoms with van der Waals surface area (Å²) in [6, 6.07) is 12.8. The largest absolute Gasteiger partial charge is 0.354 e. The second-order valence-electron chi connectivity index (χ2n) is 6.32. The Morgan fingerprint density at radius 2 is 2.00 bits per heavy atom. The molecule has 4 nitrogen and oxygen atoms in total. The molecule has 4 rings (SSSR count). The molecule has 2 saturated heterocycles. The number of halogens is 1. The van der Waals surface area contributed by atoms with E-state index in [1.165, 1.54) is 25.8 Å². The Morgan fingerprint density at radius 3 is 2.87 bits per heavy atom. The highest BCUT2D eigenvalue weighted by Gasteiger charge is 2.29. The molecule has 23 heavy (non-hydrogen) atoms. The van der Waals surface area contributed by atoms with Crippen molar-refractivity contribution in [2.75, 3.05) is 31.1 Å². The lowest BCUT2D eigenvalue weighted by Crippen LogP contribution is -2.55. The van der Waals surface area contributed by atoms with Crippen LogP contribution in [0.15, 0.2) is 30.3 Å². The molecule has 1 atom stereocenters. The maximum atomic E-state index is 8.98. The van der Waals surface area contributed by atoms with E-state index in [4.69, 9.17) is 10.2 Å². The average Bonchev–Trinajstić information content (AvgIpc) is 2.60. The lowest BCUT2D eigenvalue weighted by Gasteiger charge is -2.44. The normalized spacial score (nSPS) is 21.3. The molecule has 2 fully saturated rings. The number of anilines is 1. The molecule has 120 valence electrons. The topological polar surface area (TPSA) is 43.2 Å². The molecule has 0 saturated carbocycles. The number of hydrogen-bond donors (Lipinski definition) is 0. The summed E-state index contributed by atoms with van der Waals surface area (Å²) in [5, 5.41) is 10.0. The van der Waals surface area contributed by atoms with Crippen molar-refractivity contribution >= 4 is 29.1 Å². The summed E-state index contributed by atoms with van der Waals surface area (Å²) >= 11 is 0. The van der Waals surface area contributed by atoms with Crippen LogP contribution in [0.25, 0.3) is 10.9 Å². The van der Waals surface area contributed by atoms with E-state index in [1.807, 2.05) is 18.2 Å². The summed E-state index contributed by atoms with van der Waals surface area (Å²) in [6.07, 6.45) is 4.03. The second kappa shape index (κ2) is 6.74. The number of benzene rings is 1. The van der Waals surface area contributed by atoms with E-state index >= 15 is 0 Å². The van der Waals surface area contributed by atoms with Crippen LogP contribution in [0.2, 0.25) is 0 Å². The molecule has 5 heteroatoms. The fourth-order valence-corrected chi connectivity index (χ4v) is 3.72. The molecule has 0 bridgehead atoms. The second-order valence-corrected chi connectivity index (χ2v) is 6.32. The molecule has 0 unspecified atom stereocenters. The van der Waals surface area contributed by atoms with Crippen LogP contribution in [0.1, 0.15) is 24.8 Å². The van der Waals surface area contributed by atoms with Gasteiger partial charge in [0.05, 0.1) is 17.1 Å². The van der Waals surface area contributed by atoms with Gasteiger partial charge in [0, 0.05) is 31.1 Å². The number of nitriles is 1. The number of rotatable bonds is 1. The van der Waals surface area contributed by atoms with E-state index in [9.17, 15) is 0 Å². The summed E-state index contributed by atoms with van der Waals surface area (Å²) in [6.45, 7) is 4.57. The molecule has 2 aliphatic rings. The highest BCUT2D eigenvalue weighted by Crippen LogP contribution is 2.25. The highest BCUT2D eigenvalue weighted by molar-refractivity contribution is 5.85. The van der Waals surface area contributed by atoms with Gasteiger partial charge in [0.2, 0.25) is 0 Å². The molecular weight excluding hydrogens is 308 g/mol. The fourth-order valence-electron chi connectivity index (χ4n) is 3.72. The van der Waals surface area contributed by atoms with Crippen LogP contribution >= 0.6 is 12.4 Å². The van der Waals surface area contributed by atoms with E-state index in [1.54, 1.807) is 0 Å². The molecule has 0 radical (unpaired) electrons. The molecule has 3 heterocycles. The summed E-state index contributed by atoms with van der Waals surface area (Å²) < 4.78 is 0. The molecule has 1 aromatic carbocycles. The summed E-state index contributed by atoms with van der Waals surface area (Å²) in [5.41, 5.74) is 1.67. The maximum Gasteiger partial charge on any atom is 0.129 e.